The Morgan fingerprint density at radius 3 is 2.61 bits per heavy atom. The molecule has 1 atom stereocenters. The number of carbonyl (C=O) groups excluding carboxylic acids is 2. The van der Waals surface area contributed by atoms with Crippen LogP contribution in [-0.2, 0) is 22.6 Å². The quantitative estimate of drug-likeness (QED) is 0.516. The third-order valence-corrected chi connectivity index (χ3v) is 4.76. The summed E-state index contributed by atoms with van der Waals surface area (Å²) >= 11 is 0. The zero-order valence-electron chi connectivity index (χ0n) is 16.5. The maximum absolute atomic E-state index is 12.5. The molecule has 0 saturated carbocycles. The number of hydrogen-bond donors (Lipinski definition) is 2. The van der Waals surface area contributed by atoms with Gasteiger partial charge in [0.1, 0.15) is 17.9 Å². The number of carbonyl (C=O) groups is 2. The first-order valence-corrected chi connectivity index (χ1v) is 9.77. The van der Waals surface area contributed by atoms with Crippen LogP contribution in [-0.4, -0.2) is 36.1 Å². The number of rotatable bonds is 7. The van der Waals surface area contributed by atoms with Gasteiger partial charge in [-0.15, -0.1) is 0 Å². The first-order valence-electron chi connectivity index (χ1n) is 9.77. The third kappa shape index (κ3) is 6.49. The Labute approximate surface area is 177 Å². The van der Waals surface area contributed by atoms with Gasteiger partial charge in [-0.25, -0.2) is 4.79 Å². The molecule has 31 heavy (non-hydrogen) atoms. The number of hydrogen-bond acceptors (Lipinski definition) is 5. The van der Waals surface area contributed by atoms with Crippen LogP contribution in [0, 0.1) is 0 Å². The van der Waals surface area contributed by atoms with Crippen molar-refractivity contribution >= 4 is 19.0 Å². The summed E-state index contributed by atoms with van der Waals surface area (Å²) in [5.41, 5.74) is 1.53. The van der Waals surface area contributed by atoms with E-state index in [0.29, 0.717) is 5.56 Å². The standard InChI is InChI=1S/C21H21BF3NO5/c23-21(24,25)11-5-10-18(27)26-17-12-15-8-4-9-16(19(15)31-22(17)29)20(28)30-13-14-6-2-1-3-7-14/h1-4,6-9,17,29H,5,10-13H2,(H,26,27)/t17-/m0/s1. The second-order valence-corrected chi connectivity index (χ2v) is 7.21. The molecule has 2 N–H and O–H groups in total. The zero-order valence-corrected chi connectivity index (χ0v) is 16.5. The van der Waals surface area contributed by atoms with Crippen molar-refractivity contribution in [3.8, 4) is 5.75 Å². The van der Waals surface area contributed by atoms with Crippen molar-refractivity contribution in [2.24, 2.45) is 0 Å². The number of nitrogens with one attached hydrogen (secondary N) is 1. The van der Waals surface area contributed by atoms with Gasteiger partial charge in [-0.1, -0.05) is 42.5 Å². The molecule has 0 spiro atoms. The van der Waals surface area contributed by atoms with Crippen LogP contribution < -0.4 is 9.97 Å². The van der Waals surface area contributed by atoms with E-state index >= 15 is 0 Å². The lowest BCUT2D eigenvalue weighted by Gasteiger charge is -2.29. The van der Waals surface area contributed by atoms with E-state index in [4.69, 9.17) is 9.39 Å². The van der Waals surface area contributed by atoms with Gasteiger partial charge in [0.2, 0.25) is 5.91 Å². The van der Waals surface area contributed by atoms with Gasteiger partial charge in [0.05, 0.1) is 5.94 Å². The van der Waals surface area contributed by atoms with Crippen LogP contribution in [0.1, 0.15) is 40.7 Å². The van der Waals surface area contributed by atoms with Gasteiger partial charge < -0.3 is 19.7 Å². The molecule has 0 saturated heterocycles. The molecule has 0 radical (unpaired) electrons. The van der Waals surface area contributed by atoms with Crippen molar-refractivity contribution in [1.29, 1.82) is 0 Å². The highest BCUT2D eigenvalue weighted by molar-refractivity contribution is 6.47. The number of alkyl halides is 3. The molecule has 2 aromatic carbocycles. The Morgan fingerprint density at radius 2 is 1.90 bits per heavy atom. The minimum Gasteiger partial charge on any atom is -0.534 e. The van der Waals surface area contributed by atoms with Gasteiger partial charge in [0, 0.05) is 12.8 Å². The van der Waals surface area contributed by atoms with Crippen LogP contribution in [0.2, 0.25) is 0 Å². The second-order valence-electron chi connectivity index (χ2n) is 7.21. The Morgan fingerprint density at radius 1 is 1.16 bits per heavy atom. The molecule has 0 bridgehead atoms. The molecular formula is C21H21BF3NO5. The average molecular weight is 435 g/mol. The van der Waals surface area contributed by atoms with Crippen LogP contribution in [0.15, 0.2) is 48.5 Å². The molecule has 6 nitrogen and oxygen atoms in total. The Balaban J connectivity index is 1.61. The number of para-hydroxylation sites is 1. The minimum atomic E-state index is -4.32. The molecule has 10 heteroatoms. The fraction of sp³-hybridized carbons (Fsp3) is 0.333. The summed E-state index contributed by atoms with van der Waals surface area (Å²) in [7, 11) is -1.46. The minimum absolute atomic E-state index is 0.0719. The smallest absolute Gasteiger partial charge is 0.534 e. The number of halogens is 3. The Kier molecular flexibility index (Phi) is 7.22. The van der Waals surface area contributed by atoms with Gasteiger partial charge in [0.25, 0.3) is 0 Å². The van der Waals surface area contributed by atoms with E-state index in [2.05, 4.69) is 5.32 Å². The molecule has 0 fully saturated rings. The average Bonchev–Trinajstić information content (AvgIpc) is 2.72. The van der Waals surface area contributed by atoms with E-state index in [1.807, 2.05) is 30.3 Å². The summed E-state index contributed by atoms with van der Waals surface area (Å²) < 4.78 is 47.4. The molecule has 1 aliphatic heterocycles. The van der Waals surface area contributed by atoms with Gasteiger partial charge in [-0.05, 0) is 30.0 Å². The van der Waals surface area contributed by atoms with Crippen molar-refractivity contribution in [3.63, 3.8) is 0 Å². The molecule has 1 heterocycles. The summed E-state index contributed by atoms with van der Waals surface area (Å²) in [6, 6.07) is 13.9. The van der Waals surface area contributed by atoms with E-state index in [0.717, 1.165) is 5.56 Å². The molecule has 0 aliphatic carbocycles. The lowest BCUT2D eigenvalue weighted by atomic mass is 9.72. The van der Waals surface area contributed by atoms with E-state index in [9.17, 15) is 27.8 Å². The van der Waals surface area contributed by atoms with Crippen LogP contribution in [0.3, 0.4) is 0 Å². The fourth-order valence-corrected chi connectivity index (χ4v) is 3.24. The van der Waals surface area contributed by atoms with Crippen LogP contribution >= 0.6 is 0 Å². The largest absolute Gasteiger partial charge is 0.547 e. The van der Waals surface area contributed by atoms with E-state index < -0.39 is 37.5 Å². The summed E-state index contributed by atoms with van der Waals surface area (Å²) in [6.07, 6.45) is -5.88. The highest BCUT2D eigenvalue weighted by Gasteiger charge is 2.38. The normalized spacial score (nSPS) is 15.6. The molecule has 1 amide bonds. The van der Waals surface area contributed by atoms with Crippen molar-refractivity contribution in [3.05, 3.63) is 65.2 Å². The lowest BCUT2D eigenvalue weighted by molar-refractivity contribution is -0.137. The molecule has 164 valence electrons. The molecule has 0 aromatic heterocycles. The number of ether oxygens (including phenoxy) is 1. The molecule has 3 rings (SSSR count). The molecule has 1 aliphatic rings. The number of esters is 1. The first-order chi connectivity index (χ1) is 14.7. The predicted molar refractivity (Wildman–Crippen MR) is 106 cm³/mol. The number of amides is 1. The van der Waals surface area contributed by atoms with E-state index in [-0.39, 0.29) is 37.2 Å². The third-order valence-electron chi connectivity index (χ3n) is 4.76. The predicted octanol–water partition coefficient (Wildman–Crippen LogP) is 3.22. The summed E-state index contributed by atoms with van der Waals surface area (Å²) in [4.78, 5) is 24.4. The summed E-state index contributed by atoms with van der Waals surface area (Å²) in [5, 5.41) is 12.8. The summed E-state index contributed by atoms with van der Waals surface area (Å²) in [5.74, 6) is -1.92. The SMILES string of the molecule is O=C(CCCC(F)(F)F)N[C@H]1Cc2cccc(C(=O)OCc3ccccc3)c2OB1O. The maximum atomic E-state index is 12.5. The lowest BCUT2D eigenvalue weighted by Crippen LogP contribution is -2.53. The monoisotopic (exact) mass is 435 g/mol. The van der Waals surface area contributed by atoms with Gasteiger partial charge in [0.15, 0.2) is 0 Å². The van der Waals surface area contributed by atoms with Crippen LogP contribution in [0.4, 0.5) is 13.2 Å². The number of fused-ring (bicyclic) bond motifs is 1. The fourth-order valence-electron chi connectivity index (χ4n) is 3.24. The first kappa shape index (κ1) is 22.7. The maximum Gasteiger partial charge on any atom is 0.547 e. The van der Waals surface area contributed by atoms with Crippen LogP contribution in [0.5, 0.6) is 5.75 Å². The van der Waals surface area contributed by atoms with Crippen molar-refractivity contribution in [2.45, 2.75) is 44.4 Å². The van der Waals surface area contributed by atoms with Gasteiger partial charge in [-0.2, -0.15) is 13.2 Å². The zero-order chi connectivity index (χ0) is 22.4. The van der Waals surface area contributed by atoms with Gasteiger partial charge >= 0.3 is 19.3 Å². The highest BCUT2D eigenvalue weighted by Crippen LogP contribution is 2.31. The van der Waals surface area contributed by atoms with Gasteiger partial charge in [-0.3, -0.25) is 4.79 Å². The summed E-state index contributed by atoms with van der Waals surface area (Å²) in [6.45, 7) is 0.0719. The molecule has 2 aromatic rings. The number of benzene rings is 2. The topological polar surface area (TPSA) is 84.9 Å². The van der Waals surface area contributed by atoms with Crippen LogP contribution in [0.25, 0.3) is 0 Å². The molecule has 0 unspecified atom stereocenters. The van der Waals surface area contributed by atoms with Crippen molar-refractivity contribution < 1.29 is 37.2 Å². The highest BCUT2D eigenvalue weighted by atomic mass is 19.4. The Hall–Kier alpha value is -3.01. The van der Waals surface area contributed by atoms with Crippen molar-refractivity contribution in [2.75, 3.05) is 0 Å². The Bertz CT molecular complexity index is 923. The van der Waals surface area contributed by atoms with E-state index in [1.54, 1.807) is 12.1 Å². The van der Waals surface area contributed by atoms with Crippen molar-refractivity contribution in [1.82, 2.24) is 5.32 Å². The van der Waals surface area contributed by atoms with E-state index in [1.165, 1.54) is 6.07 Å². The second kappa shape index (κ2) is 9.87. The molecular weight excluding hydrogens is 414 g/mol.